The van der Waals surface area contributed by atoms with Crippen LogP contribution in [0.15, 0.2) is 24.3 Å². The highest BCUT2D eigenvalue weighted by Crippen LogP contribution is 2.33. The molecule has 14 heavy (non-hydrogen) atoms. The van der Waals surface area contributed by atoms with Crippen molar-refractivity contribution < 1.29 is 0 Å². The summed E-state index contributed by atoms with van der Waals surface area (Å²) in [5.74, 6) is 0.461. The summed E-state index contributed by atoms with van der Waals surface area (Å²) < 4.78 is 0. The molecular weight excluding hydrogens is 172 g/mol. The summed E-state index contributed by atoms with van der Waals surface area (Å²) in [5, 5.41) is 8.79. The predicted molar refractivity (Wildman–Crippen MR) is 55.7 cm³/mol. The summed E-state index contributed by atoms with van der Waals surface area (Å²) in [6, 6.07) is 10.3. The number of hydrogen-bond donors (Lipinski definition) is 1. The van der Waals surface area contributed by atoms with Crippen LogP contribution in [0.2, 0.25) is 0 Å². The maximum Gasteiger partial charge on any atom is 0.0991 e. The van der Waals surface area contributed by atoms with Crippen LogP contribution in [0.5, 0.6) is 0 Å². The van der Waals surface area contributed by atoms with Gasteiger partial charge in [0, 0.05) is 6.04 Å². The first-order valence-corrected chi connectivity index (χ1v) is 5.07. The van der Waals surface area contributed by atoms with Gasteiger partial charge in [-0.25, -0.2) is 0 Å². The van der Waals surface area contributed by atoms with Crippen molar-refractivity contribution in [3.8, 4) is 6.07 Å². The lowest BCUT2D eigenvalue weighted by Gasteiger charge is -2.15. The van der Waals surface area contributed by atoms with E-state index in [0.29, 0.717) is 5.92 Å². The van der Waals surface area contributed by atoms with Crippen molar-refractivity contribution >= 4 is 0 Å². The average Bonchev–Trinajstić information content (AvgIpc) is 2.65. The van der Waals surface area contributed by atoms with Crippen molar-refractivity contribution in [3.63, 3.8) is 0 Å². The lowest BCUT2D eigenvalue weighted by Crippen LogP contribution is -2.22. The molecule has 2 atom stereocenters. The fourth-order valence-electron chi connectivity index (χ4n) is 2.24. The van der Waals surface area contributed by atoms with E-state index in [1.807, 2.05) is 18.2 Å². The molecule has 2 nitrogen and oxygen atoms in total. The molecule has 1 fully saturated rings. The van der Waals surface area contributed by atoms with Crippen molar-refractivity contribution in [1.29, 1.82) is 5.26 Å². The van der Waals surface area contributed by atoms with Crippen molar-refractivity contribution in [3.05, 3.63) is 35.4 Å². The maximum atomic E-state index is 8.79. The fraction of sp³-hybridized carbons (Fsp3) is 0.417. The predicted octanol–water partition coefficient (Wildman–Crippen LogP) is 2.15. The summed E-state index contributed by atoms with van der Waals surface area (Å²) in [4.78, 5) is 0. The van der Waals surface area contributed by atoms with Gasteiger partial charge in [0.2, 0.25) is 0 Å². The van der Waals surface area contributed by atoms with Gasteiger partial charge in [0.05, 0.1) is 11.6 Å². The molecule has 2 unspecified atom stereocenters. The smallest absolute Gasteiger partial charge is 0.0991 e. The van der Waals surface area contributed by atoms with Gasteiger partial charge in [-0.1, -0.05) is 18.6 Å². The van der Waals surface area contributed by atoms with Crippen LogP contribution in [0.3, 0.4) is 0 Å². The molecule has 2 N–H and O–H groups in total. The van der Waals surface area contributed by atoms with E-state index in [4.69, 9.17) is 11.0 Å². The normalized spacial score (nSPS) is 26.0. The number of nitrogens with two attached hydrogens (primary N) is 1. The second kappa shape index (κ2) is 3.81. The summed E-state index contributed by atoms with van der Waals surface area (Å²) in [5.41, 5.74) is 7.99. The van der Waals surface area contributed by atoms with Crippen molar-refractivity contribution in [1.82, 2.24) is 0 Å². The highest BCUT2D eigenvalue weighted by molar-refractivity contribution is 5.35. The van der Waals surface area contributed by atoms with Crippen LogP contribution in [0.1, 0.15) is 36.3 Å². The molecule has 0 spiro atoms. The minimum Gasteiger partial charge on any atom is -0.327 e. The zero-order chi connectivity index (χ0) is 9.97. The van der Waals surface area contributed by atoms with E-state index >= 15 is 0 Å². The summed E-state index contributed by atoms with van der Waals surface area (Å²) in [6.45, 7) is 0. The largest absolute Gasteiger partial charge is 0.327 e. The second-order valence-electron chi connectivity index (χ2n) is 3.94. The quantitative estimate of drug-likeness (QED) is 0.730. The third kappa shape index (κ3) is 1.64. The molecule has 0 bridgehead atoms. The SMILES string of the molecule is N#Cc1cccc(C2CCCC2N)c1. The molecule has 0 amide bonds. The van der Waals surface area contributed by atoms with Gasteiger partial charge in [0.15, 0.2) is 0 Å². The van der Waals surface area contributed by atoms with E-state index in [9.17, 15) is 0 Å². The first-order chi connectivity index (χ1) is 6.81. The number of rotatable bonds is 1. The topological polar surface area (TPSA) is 49.8 Å². The zero-order valence-corrected chi connectivity index (χ0v) is 8.11. The van der Waals surface area contributed by atoms with E-state index in [1.165, 1.54) is 12.0 Å². The average molecular weight is 186 g/mol. The molecule has 0 aliphatic heterocycles. The van der Waals surface area contributed by atoms with Crippen LogP contribution in [-0.2, 0) is 0 Å². The monoisotopic (exact) mass is 186 g/mol. The molecule has 2 rings (SSSR count). The highest BCUT2D eigenvalue weighted by atomic mass is 14.7. The summed E-state index contributed by atoms with van der Waals surface area (Å²) in [6.07, 6.45) is 3.49. The van der Waals surface area contributed by atoms with Gasteiger partial charge in [0.1, 0.15) is 0 Å². The Balaban J connectivity index is 2.28. The summed E-state index contributed by atoms with van der Waals surface area (Å²) >= 11 is 0. The van der Waals surface area contributed by atoms with Gasteiger partial charge in [0.25, 0.3) is 0 Å². The lowest BCUT2D eigenvalue weighted by molar-refractivity contribution is 0.613. The molecule has 1 aromatic rings. The van der Waals surface area contributed by atoms with Crippen LogP contribution in [-0.4, -0.2) is 6.04 Å². The van der Waals surface area contributed by atoms with E-state index in [1.54, 1.807) is 0 Å². The third-order valence-electron chi connectivity index (χ3n) is 3.01. The molecule has 2 heteroatoms. The van der Waals surface area contributed by atoms with Gasteiger partial charge in [-0.2, -0.15) is 5.26 Å². The number of nitrogens with zero attached hydrogens (tertiary/aromatic N) is 1. The minimum absolute atomic E-state index is 0.281. The van der Waals surface area contributed by atoms with Crippen LogP contribution >= 0.6 is 0 Å². The number of nitriles is 1. The molecule has 0 heterocycles. The van der Waals surface area contributed by atoms with E-state index in [0.717, 1.165) is 18.4 Å². The molecule has 1 aliphatic rings. The van der Waals surface area contributed by atoms with Gasteiger partial charge in [-0.15, -0.1) is 0 Å². The molecule has 1 aromatic carbocycles. The molecule has 0 radical (unpaired) electrons. The Morgan fingerprint density at radius 2 is 2.21 bits per heavy atom. The molecule has 0 saturated heterocycles. The Morgan fingerprint density at radius 3 is 2.86 bits per heavy atom. The Kier molecular flexibility index (Phi) is 2.51. The van der Waals surface area contributed by atoms with Crippen LogP contribution < -0.4 is 5.73 Å². The van der Waals surface area contributed by atoms with Crippen LogP contribution in [0, 0.1) is 11.3 Å². The first kappa shape index (κ1) is 9.23. The zero-order valence-electron chi connectivity index (χ0n) is 8.11. The van der Waals surface area contributed by atoms with Gasteiger partial charge >= 0.3 is 0 Å². The van der Waals surface area contributed by atoms with Crippen molar-refractivity contribution in [2.45, 2.75) is 31.2 Å². The molecule has 1 aliphatic carbocycles. The van der Waals surface area contributed by atoms with E-state index in [2.05, 4.69) is 12.1 Å². The molecule has 72 valence electrons. The van der Waals surface area contributed by atoms with Crippen LogP contribution in [0.4, 0.5) is 0 Å². The van der Waals surface area contributed by atoms with E-state index in [-0.39, 0.29) is 6.04 Å². The standard InChI is InChI=1S/C12H14N2/c13-8-9-3-1-4-10(7-9)11-5-2-6-12(11)14/h1,3-4,7,11-12H,2,5-6,14H2. The fourth-order valence-corrected chi connectivity index (χ4v) is 2.24. The maximum absolute atomic E-state index is 8.79. The number of hydrogen-bond acceptors (Lipinski definition) is 2. The Labute approximate surface area is 84.3 Å². The third-order valence-corrected chi connectivity index (χ3v) is 3.01. The lowest BCUT2D eigenvalue weighted by atomic mass is 9.93. The summed E-state index contributed by atoms with van der Waals surface area (Å²) in [7, 11) is 0. The van der Waals surface area contributed by atoms with Gasteiger partial charge in [-0.3, -0.25) is 0 Å². The van der Waals surface area contributed by atoms with Gasteiger partial charge in [-0.05, 0) is 36.5 Å². The van der Waals surface area contributed by atoms with Crippen molar-refractivity contribution in [2.24, 2.45) is 5.73 Å². The van der Waals surface area contributed by atoms with E-state index < -0.39 is 0 Å². The minimum atomic E-state index is 0.281. The first-order valence-electron chi connectivity index (χ1n) is 5.07. The van der Waals surface area contributed by atoms with Crippen LogP contribution in [0.25, 0.3) is 0 Å². The van der Waals surface area contributed by atoms with Gasteiger partial charge < -0.3 is 5.73 Å². The molecule has 1 saturated carbocycles. The Morgan fingerprint density at radius 1 is 1.36 bits per heavy atom. The Bertz CT molecular complexity index is 365. The van der Waals surface area contributed by atoms with Crippen molar-refractivity contribution in [2.75, 3.05) is 0 Å². The second-order valence-corrected chi connectivity index (χ2v) is 3.94. The molecule has 0 aromatic heterocycles. The highest BCUT2D eigenvalue weighted by Gasteiger charge is 2.25. The molecular formula is C12H14N2. The number of benzene rings is 1. The Hall–Kier alpha value is -1.33.